The van der Waals surface area contributed by atoms with Crippen molar-refractivity contribution in [3.8, 4) is 11.5 Å². The molecule has 45 heavy (non-hydrogen) atoms. The number of hydrogen-bond acceptors (Lipinski definition) is 6. The lowest BCUT2D eigenvalue weighted by atomic mass is 10.0. The van der Waals surface area contributed by atoms with Gasteiger partial charge < -0.3 is 24.6 Å². The summed E-state index contributed by atoms with van der Waals surface area (Å²) in [6.45, 7) is 6.36. The highest BCUT2D eigenvalue weighted by Gasteiger charge is 2.27. The molecule has 0 saturated heterocycles. The fraction of sp³-hybridized carbons (Fsp3) is 0.629. The van der Waals surface area contributed by atoms with Crippen molar-refractivity contribution >= 4 is 19.3 Å². The van der Waals surface area contributed by atoms with Gasteiger partial charge in [0.25, 0.3) is 0 Å². The van der Waals surface area contributed by atoms with Gasteiger partial charge in [-0.3, -0.25) is 19.1 Å². The molecule has 9 nitrogen and oxygen atoms in total. The molecule has 2 aromatic rings. The molecule has 252 valence electrons. The fourth-order valence-corrected chi connectivity index (χ4v) is 6.08. The van der Waals surface area contributed by atoms with Crippen molar-refractivity contribution in [2.75, 3.05) is 13.3 Å². The van der Waals surface area contributed by atoms with Crippen LogP contribution in [0.4, 0.5) is 0 Å². The van der Waals surface area contributed by atoms with Crippen LogP contribution in [0.2, 0.25) is 0 Å². The summed E-state index contributed by atoms with van der Waals surface area (Å²) in [6.07, 6.45) is 16.9. The number of carbonyl (C=O) groups is 2. The third-order valence-electron chi connectivity index (χ3n) is 8.08. The molecule has 1 amide bonds. The molecule has 0 saturated carbocycles. The van der Waals surface area contributed by atoms with Gasteiger partial charge in [0.1, 0.15) is 24.3 Å². The summed E-state index contributed by atoms with van der Waals surface area (Å²) < 4.78 is 22.9. The molecule has 0 bridgehead atoms. The van der Waals surface area contributed by atoms with Crippen molar-refractivity contribution in [3.63, 3.8) is 0 Å². The number of Topliss-reactive ketones (excluding diaryl/α,β-unsaturated/α-hetero) is 1. The van der Waals surface area contributed by atoms with E-state index >= 15 is 0 Å². The lowest BCUT2D eigenvalue weighted by Gasteiger charge is -2.19. The molecule has 1 atom stereocenters. The second-order valence-electron chi connectivity index (χ2n) is 12.1. The van der Waals surface area contributed by atoms with E-state index in [1.165, 1.54) is 57.8 Å². The Hall–Kier alpha value is -2.74. The van der Waals surface area contributed by atoms with Crippen LogP contribution in [0, 0.1) is 13.8 Å². The number of amides is 1. The van der Waals surface area contributed by atoms with Crippen LogP contribution in [0.25, 0.3) is 0 Å². The number of aryl methyl sites for hydroxylation is 1. The summed E-state index contributed by atoms with van der Waals surface area (Å²) in [7, 11) is -2.95. The summed E-state index contributed by atoms with van der Waals surface area (Å²) in [5, 5.41) is 2.73. The molecular weight excluding hydrogens is 591 g/mol. The Labute approximate surface area is 270 Å². The monoisotopic (exact) mass is 646 g/mol. The van der Waals surface area contributed by atoms with Gasteiger partial charge in [-0.2, -0.15) is 0 Å². The molecule has 1 heterocycles. The highest BCUT2D eigenvalue weighted by molar-refractivity contribution is 7.52. The van der Waals surface area contributed by atoms with Crippen LogP contribution in [0.1, 0.15) is 119 Å². The van der Waals surface area contributed by atoms with E-state index in [4.69, 9.17) is 9.47 Å². The maximum atomic E-state index is 12.8. The first-order valence-corrected chi connectivity index (χ1v) is 18.4. The van der Waals surface area contributed by atoms with Crippen LogP contribution in [-0.2, 0) is 27.2 Å². The standard InChI is InChI=1S/C35H55N2O7P/c1-5-6-7-8-9-10-11-12-13-14-15-16-17-18-34(39)37-31(33(38)26-45(40,41)42)23-29-19-21-30(22-20-29)44-25-32-28(3)35(43-4)27(2)24-36-32/h19-22,24,31H,5-18,23,25-26H2,1-4H3,(H,37,39)(H2,40,41,42)/t31-/m1/s1. The van der Waals surface area contributed by atoms with Gasteiger partial charge >= 0.3 is 7.60 Å². The minimum Gasteiger partial charge on any atom is -0.496 e. The molecule has 0 radical (unpaired) electrons. The van der Waals surface area contributed by atoms with Crippen molar-refractivity contribution in [1.82, 2.24) is 10.3 Å². The molecule has 0 unspecified atom stereocenters. The molecule has 10 heteroatoms. The lowest BCUT2D eigenvalue weighted by Crippen LogP contribution is -2.43. The van der Waals surface area contributed by atoms with Crippen LogP contribution in [0.5, 0.6) is 11.5 Å². The van der Waals surface area contributed by atoms with Gasteiger partial charge in [-0.15, -0.1) is 0 Å². The van der Waals surface area contributed by atoms with Gasteiger partial charge in [-0.1, -0.05) is 96.1 Å². The van der Waals surface area contributed by atoms with E-state index in [1.807, 2.05) is 13.8 Å². The third kappa shape index (κ3) is 15.9. The zero-order chi connectivity index (χ0) is 33.1. The van der Waals surface area contributed by atoms with Gasteiger partial charge in [0, 0.05) is 23.7 Å². The molecule has 0 spiro atoms. The van der Waals surface area contributed by atoms with Crippen LogP contribution in [0.3, 0.4) is 0 Å². The number of pyridine rings is 1. The first-order valence-electron chi connectivity index (χ1n) is 16.6. The largest absolute Gasteiger partial charge is 0.496 e. The quantitative estimate of drug-likeness (QED) is 0.0787. The molecule has 0 aliphatic heterocycles. The number of hydrogen-bond donors (Lipinski definition) is 3. The smallest absolute Gasteiger partial charge is 0.333 e. The summed E-state index contributed by atoms with van der Waals surface area (Å²) in [5.74, 6) is 0.417. The number of rotatable bonds is 24. The van der Waals surface area contributed by atoms with Crippen LogP contribution < -0.4 is 14.8 Å². The number of nitrogens with zero attached hydrogens (tertiary/aromatic N) is 1. The number of aromatic nitrogens is 1. The van der Waals surface area contributed by atoms with Crippen molar-refractivity contribution in [3.05, 3.63) is 52.8 Å². The van der Waals surface area contributed by atoms with Gasteiger partial charge in [0.15, 0.2) is 5.78 Å². The summed E-state index contributed by atoms with van der Waals surface area (Å²) in [4.78, 5) is 48.7. The Bertz CT molecular complexity index is 1210. The molecule has 0 aliphatic rings. The Morgan fingerprint density at radius 2 is 1.44 bits per heavy atom. The maximum Gasteiger partial charge on any atom is 0.333 e. The number of benzene rings is 1. The second kappa shape index (κ2) is 21.1. The van der Waals surface area contributed by atoms with Gasteiger partial charge in [0.05, 0.1) is 18.8 Å². The minimum atomic E-state index is -4.57. The lowest BCUT2D eigenvalue weighted by molar-refractivity contribution is -0.126. The second-order valence-corrected chi connectivity index (χ2v) is 13.7. The van der Waals surface area contributed by atoms with Gasteiger partial charge in [-0.25, -0.2) is 0 Å². The average molecular weight is 647 g/mol. The van der Waals surface area contributed by atoms with E-state index in [1.54, 1.807) is 37.6 Å². The van der Waals surface area contributed by atoms with Gasteiger partial charge in [-0.05, 0) is 44.4 Å². The Morgan fingerprint density at radius 1 is 0.889 bits per heavy atom. The number of ether oxygens (including phenoxy) is 2. The number of methoxy groups -OCH3 is 1. The molecular formula is C35H55N2O7P. The molecule has 3 N–H and O–H groups in total. The number of ketones is 1. The molecule has 0 fully saturated rings. The van der Waals surface area contributed by atoms with Crippen molar-refractivity contribution in [2.24, 2.45) is 0 Å². The first-order chi connectivity index (χ1) is 21.5. The van der Waals surface area contributed by atoms with E-state index in [9.17, 15) is 23.9 Å². The molecule has 0 aliphatic carbocycles. The molecule has 1 aromatic carbocycles. The number of nitrogens with one attached hydrogen (secondary N) is 1. The van der Waals surface area contributed by atoms with Crippen molar-refractivity contribution < 1.29 is 33.4 Å². The number of carbonyl (C=O) groups excluding carboxylic acids is 2. The van der Waals surface area contributed by atoms with Crippen LogP contribution in [0.15, 0.2) is 30.5 Å². The summed E-state index contributed by atoms with van der Waals surface area (Å²) in [6, 6.07) is 6.06. The Kier molecular flexibility index (Phi) is 18.1. The third-order valence-corrected chi connectivity index (χ3v) is 8.81. The molecule has 1 aromatic heterocycles. The average Bonchev–Trinajstić information content (AvgIpc) is 2.99. The van der Waals surface area contributed by atoms with Crippen LogP contribution >= 0.6 is 7.60 Å². The van der Waals surface area contributed by atoms with E-state index in [0.29, 0.717) is 5.75 Å². The minimum absolute atomic E-state index is 0.124. The maximum absolute atomic E-state index is 12.8. The first kappa shape index (κ1) is 38.4. The zero-order valence-electron chi connectivity index (χ0n) is 27.8. The van der Waals surface area contributed by atoms with E-state index < -0.39 is 25.6 Å². The van der Waals surface area contributed by atoms with Crippen molar-refractivity contribution in [2.45, 2.75) is 130 Å². The Balaban J connectivity index is 1.80. The highest BCUT2D eigenvalue weighted by Crippen LogP contribution is 2.34. The van der Waals surface area contributed by atoms with Gasteiger partial charge in [0.2, 0.25) is 5.91 Å². The molecule has 2 rings (SSSR count). The van der Waals surface area contributed by atoms with Crippen LogP contribution in [-0.4, -0.2) is 45.8 Å². The SMILES string of the molecule is CCCCCCCCCCCCCCCC(=O)N[C@H](Cc1ccc(OCc2ncc(C)c(OC)c2C)cc1)C(=O)CP(=O)(O)O. The zero-order valence-corrected chi connectivity index (χ0v) is 28.7. The predicted octanol–water partition coefficient (Wildman–Crippen LogP) is 7.54. The highest BCUT2D eigenvalue weighted by atomic mass is 31.2. The summed E-state index contributed by atoms with van der Waals surface area (Å²) >= 11 is 0. The normalized spacial score (nSPS) is 12.1. The predicted molar refractivity (Wildman–Crippen MR) is 179 cm³/mol. The van der Waals surface area contributed by atoms with E-state index in [-0.39, 0.29) is 25.4 Å². The van der Waals surface area contributed by atoms with E-state index in [2.05, 4.69) is 17.2 Å². The fourth-order valence-electron chi connectivity index (χ4n) is 5.45. The Morgan fingerprint density at radius 3 is 1.98 bits per heavy atom. The van der Waals surface area contributed by atoms with E-state index in [0.717, 1.165) is 53.8 Å². The topological polar surface area (TPSA) is 135 Å². The summed E-state index contributed by atoms with van der Waals surface area (Å²) in [5.41, 5.74) is 3.35. The van der Waals surface area contributed by atoms with Crippen molar-refractivity contribution in [1.29, 1.82) is 0 Å². The number of unbranched alkanes of at least 4 members (excludes halogenated alkanes) is 12.